The lowest BCUT2D eigenvalue weighted by molar-refractivity contribution is -0.137. The highest BCUT2D eigenvalue weighted by Crippen LogP contribution is 2.28. The normalized spacial score (nSPS) is 17.4. The Morgan fingerprint density at radius 3 is 1.75 bits per heavy atom. The van der Waals surface area contributed by atoms with Gasteiger partial charge in [-0.3, -0.25) is 44.3 Å². The third-order valence-electron chi connectivity index (χ3n) is 7.59. The van der Waals surface area contributed by atoms with E-state index in [0.29, 0.717) is 49.7 Å². The van der Waals surface area contributed by atoms with Crippen molar-refractivity contribution in [1.29, 1.82) is 0 Å². The Bertz CT molecular complexity index is 1900. The second-order valence-electron chi connectivity index (χ2n) is 11.4. The van der Waals surface area contributed by atoms with E-state index in [9.17, 15) is 38.4 Å². The molecule has 52 heavy (non-hydrogen) atoms. The third kappa shape index (κ3) is 10.9. The summed E-state index contributed by atoms with van der Waals surface area (Å²) in [4.78, 5) is 92.0. The van der Waals surface area contributed by atoms with Crippen LogP contribution in [0.15, 0.2) is 36.4 Å². The molecule has 2 atom stereocenters. The maximum atomic E-state index is 12.6. The fourth-order valence-electron chi connectivity index (χ4n) is 4.91. The summed E-state index contributed by atoms with van der Waals surface area (Å²) in [6.45, 7) is 0.111. The van der Waals surface area contributed by atoms with Gasteiger partial charge in [-0.1, -0.05) is 23.7 Å². The van der Waals surface area contributed by atoms with Crippen molar-refractivity contribution in [2.24, 2.45) is 5.73 Å². The molecule has 0 aromatic heterocycles. The Labute approximate surface area is 297 Å². The average Bonchev–Trinajstić information content (AvgIpc) is 3.35. The second kappa shape index (κ2) is 19.3. The molecular formula is C36H36N4O12. The number of fused-ring (bicyclic) bond motifs is 1. The van der Waals surface area contributed by atoms with Gasteiger partial charge in [-0.15, -0.1) is 0 Å². The minimum Gasteiger partial charge on any atom is -0.478 e. The van der Waals surface area contributed by atoms with E-state index in [-0.39, 0.29) is 60.1 Å². The number of amides is 6. The number of aliphatic hydroxyl groups is 2. The zero-order valence-electron chi connectivity index (χ0n) is 27.8. The van der Waals surface area contributed by atoms with Crippen LogP contribution in [-0.4, -0.2) is 98.0 Å². The molecule has 272 valence electrons. The summed E-state index contributed by atoms with van der Waals surface area (Å²) in [5.74, 6) is 5.99. The summed E-state index contributed by atoms with van der Waals surface area (Å²) in [6, 6.07) is 7.17. The third-order valence-corrected chi connectivity index (χ3v) is 7.59. The van der Waals surface area contributed by atoms with Gasteiger partial charge in [-0.25, -0.2) is 9.59 Å². The van der Waals surface area contributed by atoms with Crippen LogP contribution in [0.25, 0.3) is 0 Å². The first-order chi connectivity index (χ1) is 24.8. The number of hydrogen-bond acceptors (Lipinski definition) is 11. The molecule has 3 heterocycles. The number of aliphatic hydroxyl groups excluding tert-OH is 2. The van der Waals surface area contributed by atoms with Crippen LogP contribution in [0.1, 0.15) is 104 Å². The van der Waals surface area contributed by atoms with Crippen molar-refractivity contribution in [3.8, 4) is 23.7 Å². The second-order valence-corrected chi connectivity index (χ2v) is 11.4. The zero-order chi connectivity index (χ0) is 38.4. The number of nitrogens with two attached hydrogens (primary N) is 1. The minimum absolute atomic E-state index is 0.0486. The molecule has 2 fully saturated rings. The Morgan fingerprint density at radius 1 is 0.712 bits per heavy atom. The Hall–Kier alpha value is -6.20. The molecule has 16 heteroatoms. The lowest BCUT2D eigenvalue weighted by atomic mass is 10.0. The predicted octanol–water partition coefficient (Wildman–Crippen LogP) is 0.169. The van der Waals surface area contributed by atoms with Crippen molar-refractivity contribution in [3.05, 3.63) is 69.8 Å². The number of carbonyl (C=O) groups excluding carboxylic acids is 6. The van der Waals surface area contributed by atoms with E-state index in [0.717, 1.165) is 4.90 Å². The molecule has 0 spiro atoms. The first kappa shape index (κ1) is 40.2. The first-order valence-corrected chi connectivity index (χ1v) is 16.0. The molecule has 2 unspecified atom stereocenters. The van der Waals surface area contributed by atoms with Crippen LogP contribution in [0.4, 0.5) is 0 Å². The molecule has 0 radical (unpaired) electrons. The summed E-state index contributed by atoms with van der Waals surface area (Å²) < 4.78 is 0. The molecule has 2 aromatic carbocycles. The number of unbranched alkanes of at least 4 members (excludes halogenated alkanes) is 2. The predicted molar refractivity (Wildman–Crippen MR) is 180 cm³/mol. The molecule has 0 saturated carbocycles. The largest absolute Gasteiger partial charge is 0.478 e. The molecule has 3 aliphatic rings. The van der Waals surface area contributed by atoms with E-state index >= 15 is 0 Å². The van der Waals surface area contributed by atoms with Crippen LogP contribution < -0.4 is 16.4 Å². The van der Waals surface area contributed by atoms with Gasteiger partial charge in [0.25, 0.3) is 11.8 Å². The fraction of sp³-hybridized carbons (Fsp3) is 0.333. The van der Waals surface area contributed by atoms with Gasteiger partial charge in [-0.2, -0.15) is 0 Å². The molecule has 2 saturated heterocycles. The summed E-state index contributed by atoms with van der Waals surface area (Å²) >= 11 is 0. The Kier molecular flexibility index (Phi) is 14.9. The molecular weight excluding hydrogens is 680 g/mol. The van der Waals surface area contributed by atoms with Gasteiger partial charge >= 0.3 is 11.9 Å². The smallest absolute Gasteiger partial charge is 0.336 e. The highest BCUT2D eigenvalue weighted by atomic mass is 16.4. The number of rotatable bonds is 7. The summed E-state index contributed by atoms with van der Waals surface area (Å²) in [5.41, 5.74) is 6.20. The highest BCUT2D eigenvalue weighted by molar-refractivity contribution is 6.23. The van der Waals surface area contributed by atoms with Gasteiger partial charge in [0, 0.05) is 50.0 Å². The van der Waals surface area contributed by atoms with Crippen molar-refractivity contribution >= 4 is 47.4 Å². The van der Waals surface area contributed by atoms with Crippen molar-refractivity contribution < 1.29 is 58.8 Å². The van der Waals surface area contributed by atoms with Gasteiger partial charge < -0.3 is 26.2 Å². The number of imide groups is 3. The Morgan fingerprint density at radius 2 is 1.23 bits per heavy atom. The molecule has 0 bridgehead atoms. The SMILES string of the molecule is NC1CCC(=O)NC1=O.O=C(O)c1ccc(C#CCCCO)cc1C(=O)O.O=C1CCC(N2C(=O)c3ccc(C#CCCCO)cc3C2=O)C(=O)N1. The molecule has 2 aromatic rings. The number of nitrogens with one attached hydrogen (secondary N) is 2. The molecule has 6 amide bonds. The lowest BCUT2D eigenvalue weighted by Crippen LogP contribution is -2.54. The average molecular weight is 717 g/mol. The number of benzene rings is 2. The number of carboxylic acid groups (broad SMARTS) is 2. The van der Waals surface area contributed by atoms with Crippen LogP contribution >= 0.6 is 0 Å². The molecule has 8 N–H and O–H groups in total. The maximum absolute atomic E-state index is 12.6. The number of carboxylic acids is 2. The minimum atomic E-state index is -1.30. The van der Waals surface area contributed by atoms with Gasteiger partial charge in [0.2, 0.25) is 23.6 Å². The van der Waals surface area contributed by atoms with Crippen molar-refractivity contribution in [2.45, 2.75) is 63.5 Å². The van der Waals surface area contributed by atoms with Crippen LogP contribution in [-0.2, 0) is 19.2 Å². The molecule has 3 aliphatic heterocycles. The van der Waals surface area contributed by atoms with Gasteiger partial charge in [0.1, 0.15) is 6.04 Å². The van der Waals surface area contributed by atoms with E-state index < -0.39 is 47.7 Å². The van der Waals surface area contributed by atoms with Crippen molar-refractivity contribution in [2.75, 3.05) is 13.2 Å². The molecule has 0 aliphatic carbocycles. The quantitative estimate of drug-likeness (QED) is 0.115. The van der Waals surface area contributed by atoms with Crippen molar-refractivity contribution in [1.82, 2.24) is 15.5 Å². The highest BCUT2D eigenvalue weighted by Gasteiger charge is 2.44. The van der Waals surface area contributed by atoms with Crippen LogP contribution in [0, 0.1) is 23.7 Å². The van der Waals surface area contributed by atoms with Gasteiger partial charge in [0.15, 0.2) is 0 Å². The lowest BCUT2D eigenvalue weighted by Gasteiger charge is -2.27. The van der Waals surface area contributed by atoms with E-state index in [1.54, 1.807) is 6.07 Å². The number of nitrogens with zero attached hydrogens (tertiary/aromatic N) is 1. The zero-order valence-corrected chi connectivity index (χ0v) is 27.8. The molecule has 16 nitrogen and oxygen atoms in total. The van der Waals surface area contributed by atoms with E-state index in [2.05, 4.69) is 34.3 Å². The van der Waals surface area contributed by atoms with E-state index in [1.807, 2.05) is 0 Å². The number of piperidine rings is 2. The molecule has 5 rings (SSSR count). The van der Waals surface area contributed by atoms with Gasteiger partial charge in [-0.05, 0) is 62.1 Å². The fourth-order valence-corrected chi connectivity index (χ4v) is 4.91. The van der Waals surface area contributed by atoms with Crippen LogP contribution in [0.2, 0.25) is 0 Å². The van der Waals surface area contributed by atoms with Crippen LogP contribution in [0.3, 0.4) is 0 Å². The summed E-state index contributed by atoms with van der Waals surface area (Å²) in [7, 11) is 0. The monoisotopic (exact) mass is 716 g/mol. The summed E-state index contributed by atoms with van der Waals surface area (Å²) in [5, 5.41) is 39.3. The Balaban J connectivity index is 0.000000235. The van der Waals surface area contributed by atoms with E-state index in [4.69, 9.17) is 26.2 Å². The maximum Gasteiger partial charge on any atom is 0.336 e. The van der Waals surface area contributed by atoms with E-state index in [1.165, 1.54) is 30.3 Å². The van der Waals surface area contributed by atoms with Crippen molar-refractivity contribution in [3.63, 3.8) is 0 Å². The first-order valence-electron chi connectivity index (χ1n) is 16.0. The van der Waals surface area contributed by atoms with Gasteiger partial charge in [0.05, 0.1) is 28.3 Å². The summed E-state index contributed by atoms with van der Waals surface area (Å²) in [6.07, 6.45) is 3.21. The standard InChI is InChI=1S/C18H16N2O5.C13H12O5.C5H8N2O2/c21-9-3-1-2-4-11-5-6-12-13(10-11)18(25)20(17(12)24)14-7-8-15(22)19-16(14)23;14-7-3-1-2-4-9-5-6-10(12(15)16)11(8-9)13(17)18;6-3-1-2-4(8)7-5(3)9/h5-6,10,14,21H,1,3,7-9H2,(H,19,22,23);5-6,8,14H,1,3,7H2,(H,15,16)(H,17,18);3H,1-2,6H2,(H,7,8,9). The number of carbonyl (C=O) groups is 8. The number of aromatic carboxylic acids is 2. The number of hydrogen-bond donors (Lipinski definition) is 7. The topological polar surface area (TPSA) is 271 Å². The van der Waals surface area contributed by atoms with Crippen LogP contribution in [0.5, 0.6) is 0 Å².